The molecule has 0 fully saturated rings. The summed E-state index contributed by atoms with van der Waals surface area (Å²) in [5, 5.41) is 3.09. The minimum atomic E-state index is -0.681. The van der Waals surface area contributed by atoms with Crippen molar-refractivity contribution in [3.63, 3.8) is 0 Å². The van der Waals surface area contributed by atoms with E-state index in [4.69, 9.17) is 4.74 Å². The first-order chi connectivity index (χ1) is 17.8. The molecule has 0 unspecified atom stereocenters. The third-order valence-corrected chi connectivity index (χ3v) is 7.06. The van der Waals surface area contributed by atoms with E-state index in [1.54, 1.807) is 4.90 Å². The van der Waals surface area contributed by atoms with Crippen LogP contribution in [0, 0.1) is 0 Å². The van der Waals surface area contributed by atoms with Gasteiger partial charge in [0.2, 0.25) is 5.91 Å². The minimum Gasteiger partial charge on any atom is -0.483 e. The summed E-state index contributed by atoms with van der Waals surface area (Å²) in [7, 11) is 0. The Morgan fingerprint density at radius 2 is 1.54 bits per heavy atom. The molecule has 3 aromatic carbocycles. The fourth-order valence-corrected chi connectivity index (χ4v) is 4.50. The molecule has 0 saturated carbocycles. The predicted molar refractivity (Wildman–Crippen MR) is 153 cm³/mol. The number of rotatable bonds is 12. The number of amides is 2. The van der Waals surface area contributed by atoms with E-state index in [1.165, 1.54) is 5.56 Å². The maximum absolute atomic E-state index is 13.7. The summed E-state index contributed by atoms with van der Waals surface area (Å²) < 4.78 is 6.77. The molecule has 2 amide bonds. The molecule has 2 atom stereocenters. The van der Waals surface area contributed by atoms with E-state index in [9.17, 15) is 9.59 Å². The zero-order valence-corrected chi connectivity index (χ0v) is 23.7. The summed E-state index contributed by atoms with van der Waals surface area (Å²) in [6, 6.07) is 24.8. The van der Waals surface area contributed by atoms with E-state index in [2.05, 4.69) is 35.1 Å². The van der Waals surface area contributed by atoms with E-state index in [-0.39, 0.29) is 24.5 Å². The van der Waals surface area contributed by atoms with E-state index in [1.807, 2.05) is 92.7 Å². The molecule has 0 aliphatic heterocycles. The Bertz CT molecular complexity index is 1150. The SMILES string of the molecule is CC[C@@H](C)NC(=O)[C@H](Cc1ccccc1)N(Cc1ccccc1)C(=O)COc1ccc(C(C)C)cc1Br. The van der Waals surface area contributed by atoms with Gasteiger partial charge in [-0.05, 0) is 64.0 Å². The van der Waals surface area contributed by atoms with Crippen LogP contribution in [-0.4, -0.2) is 35.4 Å². The highest BCUT2D eigenvalue weighted by Crippen LogP contribution is 2.29. The fraction of sp³-hybridized carbons (Fsp3) is 0.355. The molecule has 5 nitrogen and oxygen atoms in total. The average molecular weight is 566 g/mol. The lowest BCUT2D eigenvalue weighted by Crippen LogP contribution is -2.53. The minimum absolute atomic E-state index is 0.00567. The molecular weight excluding hydrogens is 528 g/mol. The van der Waals surface area contributed by atoms with E-state index in [0.717, 1.165) is 22.0 Å². The Kier molecular flexibility index (Phi) is 10.8. The number of carbonyl (C=O) groups is 2. The summed E-state index contributed by atoms with van der Waals surface area (Å²) in [4.78, 5) is 28.9. The number of ether oxygens (including phenoxy) is 1. The number of benzene rings is 3. The Labute approximate surface area is 229 Å². The number of hydrogen-bond acceptors (Lipinski definition) is 3. The van der Waals surface area contributed by atoms with Crippen molar-refractivity contribution < 1.29 is 14.3 Å². The fourth-order valence-electron chi connectivity index (χ4n) is 3.99. The normalized spacial score (nSPS) is 12.6. The molecule has 0 heterocycles. The highest BCUT2D eigenvalue weighted by molar-refractivity contribution is 9.10. The summed E-state index contributed by atoms with van der Waals surface area (Å²) >= 11 is 3.57. The number of halogens is 1. The van der Waals surface area contributed by atoms with Crippen LogP contribution >= 0.6 is 15.9 Å². The van der Waals surface area contributed by atoms with Gasteiger partial charge in [-0.1, -0.05) is 87.5 Å². The van der Waals surface area contributed by atoms with Gasteiger partial charge in [0, 0.05) is 19.0 Å². The van der Waals surface area contributed by atoms with E-state index >= 15 is 0 Å². The molecule has 0 aromatic heterocycles. The second kappa shape index (κ2) is 14.0. The van der Waals surface area contributed by atoms with Gasteiger partial charge in [-0.2, -0.15) is 0 Å². The molecule has 196 valence electrons. The molecule has 3 rings (SSSR count). The van der Waals surface area contributed by atoms with Crippen molar-refractivity contribution in [1.29, 1.82) is 0 Å². The maximum atomic E-state index is 13.7. The molecule has 0 spiro atoms. The van der Waals surface area contributed by atoms with Crippen LogP contribution in [-0.2, 0) is 22.6 Å². The van der Waals surface area contributed by atoms with Crippen LogP contribution in [0.1, 0.15) is 56.7 Å². The highest BCUT2D eigenvalue weighted by atomic mass is 79.9. The quantitative estimate of drug-likeness (QED) is 0.273. The van der Waals surface area contributed by atoms with Gasteiger partial charge in [0.25, 0.3) is 5.91 Å². The standard InChI is InChI=1S/C31H37BrN2O3/c1-5-23(4)33-31(36)28(18-24-12-8-6-9-13-24)34(20-25-14-10-7-11-15-25)30(35)21-37-29-17-16-26(22(2)3)19-27(29)32/h6-17,19,22-23,28H,5,18,20-21H2,1-4H3,(H,33,36)/t23-,28+/m1/s1. The van der Waals surface area contributed by atoms with Crippen LogP contribution in [0.15, 0.2) is 83.3 Å². The zero-order valence-electron chi connectivity index (χ0n) is 22.1. The molecule has 0 aliphatic carbocycles. The van der Waals surface area contributed by atoms with Crippen molar-refractivity contribution >= 4 is 27.7 Å². The zero-order chi connectivity index (χ0) is 26.8. The predicted octanol–water partition coefficient (Wildman–Crippen LogP) is 6.51. The van der Waals surface area contributed by atoms with Gasteiger partial charge in [-0.3, -0.25) is 9.59 Å². The van der Waals surface area contributed by atoms with Gasteiger partial charge >= 0.3 is 0 Å². The van der Waals surface area contributed by atoms with Crippen LogP contribution in [0.5, 0.6) is 5.75 Å². The Morgan fingerprint density at radius 1 is 0.919 bits per heavy atom. The molecular formula is C31H37BrN2O3. The molecule has 0 aliphatic rings. The Hall–Kier alpha value is -3.12. The first-order valence-corrected chi connectivity index (χ1v) is 13.7. The summed E-state index contributed by atoms with van der Waals surface area (Å²) in [6.45, 7) is 8.40. The summed E-state index contributed by atoms with van der Waals surface area (Å²) in [6.07, 6.45) is 1.22. The van der Waals surface area contributed by atoms with Crippen molar-refractivity contribution in [1.82, 2.24) is 10.2 Å². The lowest BCUT2D eigenvalue weighted by atomic mass is 10.0. The second-order valence-electron chi connectivity index (χ2n) is 9.66. The van der Waals surface area contributed by atoms with Crippen LogP contribution in [0.25, 0.3) is 0 Å². The van der Waals surface area contributed by atoms with Crippen LogP contribution in [0.3, 0.4) is 0 Å². The third kappa shape index (κ3) is 8.46. The van der Waals surface area contributed by atoms with Gasteiger partial charge in [0.05, 0.1) is 4.47 Å². The molecule has 37 heavy (non-hydrogen) atoms. The monoisotopic (exact) mass is 564 g/mol. The molecule has 1 N–H and O–H groups in total. The van der Waals surface area contributed by atoms with Gasteiger partial charge in [0.15, 0.2) is 6.61 Å². The molecule has 6 heteroatoms. The second-order valence-corrected chi connectivity index (χ2v) is 10.5. The molecule has 3 aromatic rings. The molecule has 0 saturated heterocycles. The van der Waals surface area contributed by atoms with E-state index in [0.29, 0.717) is 24.6 Å². The van der Waals surface area contributed by atoms with Gasteiger partial charge in [0.1, 0.15) is 11.8 Å². The molecule has 0 radical (unpaired) electrons. The van der Waals surface area contributed by atoms with Crippen molar-refractivity contribution in [2.45, 2.75) is 65.1 Å². The number of carbonyl (C=O) groups excluding carboxylic acids is 2. The van der Waals surface area contributed by atoms with Gasteiger partial charge in [-0.25, -0.2) is 0 Å². The van der Waals surface area contributed by atoms with E-state index < -0.39 is 6.04 Å². The van der Waals surface area contributed by atoms with Crippen LogP contribution < -0.4 is 10.1 Å². The number of hydrogen-bond donors (Lipinski definition) is 1. The van der Waals surface area contributed by atoms with Crippen molar-refractivity contribution in [2.24, 2.45) is 0 Å². The van der Waals surface area contributed by atoms with Crippen LogP contribution in [0.2, 0.25) is 0 Å². The first kappa shape index (κ1) is 28.5. The maximum Gasteiger partial charge on any atom is 0.261 e. The smallest absolute Gasteiger partial charge is 0.261 e. The Morgan fingerprint density at radius 3 is 2.11 bits per heavy atom. The molecule has 0 bridgehead atoms. The van der Waals surface area contributed by atoms with Gasteiger partial charge in [-0.15, -0.1) is 0 Å². The number of nitrogens with one attached hydrogen (secondary N) is 1. The van der Waals surface area contributed by atoms with Crippen molar-refractivity contribution in [3.05, 3.63) is 100 Å². The lowest BCUT2D eigenvalue weighted by Gasteiger charge is -2.32. The Balaban J connectivity index is 1.89. The summed E-state index contributed by atoms with van der Waals surface area (Å²) in [5.41, 5.74) is 3.12. The van der Waals surface area contributed by atoms with Crippen molar-refractivity contribution in [2.75, 3.05) is 6.61 Å². The van der Waals surface area contributed by atoms with Crippen LogP contribution in [0.4, 0.5) is 0 Å². The highest BCUT2D eigenvalue weighted by Gasteiger charge is 2.31. The van der Waals surface area contributed by atoms with Gasteiger partial charge < -0.3 is 15.0 Å². The number of nitrogens with zero attached hydrogens (tertiary/aromatic N) is 1. The average Bonchev–Trinajstić information content (AvgIpc) is 2.90. The van der Waals surface area contributed by atoms with Crippen molar-refractivity contribution in [3.8, 4) is 5.75 Å². The summed E-state index contributed by atoms with van der Waals surface area (Å²) in [5.74, 6) is 0.575. The lowest BCUT2D eigenvalue weighted by molar-refractivity contribution is -0.143. The largest absolute Gasteiger partial charge is 0.483 e. The first-order valence-electron chi connectivity index (χ1n) is 12.9. The third-order valence-electron chi connectivity index (χ3n) is 6.44. The topological polar surface area (TPSA) is 58.6 Å².